The second-order valence-corrected chi connectivity index (χ2v) is 6.61. The highest BCUT2D eigenvalue weighted by Gasteiger charge is 2.19. The molecule has 1 aromatic heterocycles. The predicted molar refractivity (Wildman–Crippen MR) is 85.1 cm³/mol. The number of aryl methyl sites for hydroxylation is 3. The lowest BCUT2D eigenvalue weighted by Gasteiger charge is -2.22. The lowest BCUT2D eigenvalue weighted by atomic mass is 9.94. The topological polar surface area (TPSA) is 12.0 Å². The van der Waals surface area contributed by atoms with E-state index < -0.39 is 0 Å². The van der Waals surface area contributed by atoms with Gasteiger partial charge in [0.1, 0.15) is 5.82 Å². The van der Waals surface area contributed by atoms with E-state index in [0.29, 0.717) is 0 Å². The number of halogens is 1. The third kappa shape index (κ3) is 3.28. The molecule has 1 N–H and O–H groups in total. The summed E-state index contributed by atoms with van der Waals surface area (Å²) in [6.45, 7) is 9.22. The van der Waals surface area contributed by atoms with E-state index in [0.717, 1.165) is 24.1 Å². The van der Waals surface area contributed by atoms with Gasteiger partial charge in [-0.3, -0.25) is 0 Å². The molecule has 1 heterocycles. The summed E-state index contributed by atoms with van der Waals surface area (Å²) in [7, 11) is 0. The molecule has 0 aliphatic heterocycles. The maximum Gasteiger partial charge on any atom is 0.123 e. The normalized spacial score (nSPS) is 12.7. The Bertz CT molecular complexity index is 565. The summed E-state index contributed by atoms with van der Waals surface area (Å²) in [5.41, 5.74) is 3.24. The SMILES string of the molecule is CCCNC(c1ccc(C)s1)c1c(C)cc(F)cc1C. The van der Waals surface area contributed by atoms with Crippen LogP contribution in [0.15, 0.2) is 24.3 Å². The third-order valence-electron chi connectivity index (χ3n) is 3.49. The Balaban J connectivity index is 2.46. The number of nitrogens with one attached hydrogen (secondary N) is 1. The van der Waals surface area contributed by atoms with Gasteiger partial charge in [-0.15, -0.1) is 11.3 Å². The van der Waals surface area contributed by atoms with Gasteiger partial charge in [0, 0.05) is 9.75 Å². The van der Waals surface area contributed by atoms with Crippen LogP contribution in [0.2, 0.25) is 0 Å². The van der Waals surface area contributed by atoms with Crippen molar-refractivity contribution < 1.29 is 4.39 Å². The van der Waals surface area contributed by atoms with Crippen LogP contribution in [0.25, 0.3) is 0 Å². The summed E-state index contributed by atoms with van der Waals surface area (Å²) in [5, 5.41) is 3.60. The first-order chi connectivity index (χ1) is 9.52. The van der Waals surface area contributed by atoms with Gasteiger partial charge in [-0.05, 0) is 74.7 Å². The summed E-state index contributed by atoms with van der Waals surface area (Å²) in [4.78, 5) is 2.61. The summed E-state index contributed by atoms with van der Waals surface area (Å²) in [6, 6.07) is 7.74. The molecule has 0 aliphatic rings. The van der Waals surface area contributed by atoms with E-state index in [1.54, 1.807) is 23.5 Å². The van der Waals surface area contributed by atoms with Crippen LogP contribution in [0.4, 0.5) is 4.39 Å². The molecule has 3 heteroatoms. The molecule has 20 heavy (non-hydrogen) atoms. The van der Waals surface area contributed by atoms with Crippen molar-refractivity contribution in [2.24, 2.45) is 0 Å². The van der Waals surface area contributed by atoms with Crippen LogP contribution in [0.1, 0.15) is 45.8 Å². The maximum absolute atomic E-state index is 13.5. The molecule has 1 aromatic carbocycles. The van der Waals surface area contributed by atoms with Crippen LogP contribution in [0.5, 0.6) is 0 Å². The Morgan fingerprint density at radius 2 is 1.80 bits per heavy atom. The molecule has 0 fully saturated rings. The average Bonchev–Trinajstić information content (AvgIpc) is 2.78. The largest absolute Gasteiger partial charge is 0.306 e. The highest BCUT2D eigenvalue weighted by atomic mass is 32.1. The first-order valence-electron chi connectivity index (χ1n) is 7.09. The predicted octanol–water partition coefficient (Wildman–Crippen LogP) is 4.90. The minimum Gasteiger partial charge on any atom is -0.306 e. The number of rotatable bonds is 5. The van der Waals surface area contributed by atoms with Crippen molar-refractivity contribution in [3.8, 4) is 0 Å². The molecule has 1 nitrogen and oxygen atoms in total. The molecule has 1 unspecified atom stereocenters. The zero-order chi connectivity index (χ0) is 14.7. The van der Waals surface area contributed by atoms with Crippen molar-refractivity contribution in [2.45, 2.75) is 40.2 Å². The summed E-state index contributed by atoms with van der Waals surface area (Å²) < 4.78 is 13.5. The number of benzene rings is 1. The highest BCUT2D eigenvalue weighted by molar-refractivity contribution is 7.12. The molecule has 0 saturated carbocycles. The quantitative estimate of drug-likeness (QED) is 0.826. The molecular formula is C17H22FNS. The van der Waals surface area contributed by atoms with Crippen LogP contribution >= 0.6 is 11.3 Å². The second kappa shape index (κ2) is 6.51. The molecule has 1 atom stereocenters. The monoisotopic (exact) mass is 291 g/mol. The van der Waals surface area contributed by atoms with Gasteiger partial charge in [0.2, 0.25) is 0 Å². The fourth-order valence-corrected chi connectivity index (χ4v) is 3.58. The standard InChI is InChI=1S/C17H22FNS/c1-5-8-19-17(15-7-6-13(4)20-15)16-11(2)9-14(18)10-12(16)3/h6-7,9-10,17,19H,5,8H2,1-4H3. The molecular weight excluding hydrogens is 269 g/mol. The van der Waals surface area contributed by atoms with Gasteiger partial charge in [-0.2, -0.15) is 0 Å². The first-order valence-corrected chi connectivity index (χ1v) is 7.91. The highest BCUT2D eigenvalue weighted by Crippen LogP contribution is 2.32. The number of hydrogen-bond acceptors (Lipinski definition) is 2. The van der Waals surface area contributed by atoms with Crippen LogP contribution < -0.4 is 5.32 Å². The van der Waals surface area contributed by atoms with Crippen molar-refractivity contribution in [3.63, 3.8) is 0 Å². The van der Waals surface area contributed by atoms with Gasteiger partial charge < -0.3 is 5.32 Å². The third-order valence-corrected chi connectivity index (χ3v) is 4.56. The lowest BCUT2D eigenvalue weighted by molar-refractivity contribution is 0.592. The number of thiophene rings is 1. The van der Waals surface area contributed by atoms with E-state index in [-0.39, 0.29) is 11.9 Å². The van der Waals surface area contributed by atoms with Crippen LogP contribution in [-0.4, -0.2) is 6.54 Å². The number of hydrogen-bond donors (Lipinski definition) is 1. The van der Waals surface area contributed by atoms with Gasteiger partial charge >= 0.3 is 0 Å². The van der Waals surface area contributed by atoms with E-state index >= 15 is 0 Å². The van der Waals surface area contributed by atoms with E-state index in [1.807, 2.05) is 13.8 Å². The molecule has 0 spiro atoms. The van der Waals surface area contributed by atoms with Gasteiger partial charge in [-0.1, -0.05) is 6.92 Å². The van der Waals surface area contributed by atoms with Gasteiger partial charge in [0.25, 0.3) is 0 Å². The van der Waals surface area contributed by atoms with Crippen molar-refractivity contribution in [1.29, 1.82) is 0 Å². The molecule has 0 bridgehead atoms. The minimum atomic E-state index is -0.152. The zero-order valence-electron chi connectivity index (χ0n) is 12.6. The molecule has 2 aromatic rings. The van der Waals surface area contributed by atoms with Crippen LogP contribution in [-0.2, 0) is 0 Å². The average molecular weight is 291 g/mol. The Labute approximate surface area is 124 Å². The fraction of sp³-hybridized carbons (Fsp3) is 0.412. The Kier molecular flexibility index (Phi) is 4.95. The van der Waals surface area contributed by atoms with Crippen molar-refractivity contribution in [1.82, 2.24) is 5.32 Å². The van der Waals surface area contributed by atoms with Gasteiger partial charge in [0.15, 0.2) is 0 Å². The lowest BCUT2D eigenvalue weighted by Crippen LogP contribution is -2.24. The molecule has 0 saturated heterocycles. The molecule has 0 amide bonds. The fourth-order valence-electron chi connectivity index (χ4n) is 2.62. The second-order valence-electron chi connectivity index (χ2n) is 5.29. The van der Waals surface area contributed by atoms with Gasteiger partial charge in [0.05, 0.1) is 6.04 Å². The Hall–Kier alpha value is -1.19. The molecule has 0 aliphatic carbocycles. The first kappa shape index (κ1) is 15.2. The van der Waals surface area contributed by atoms with Crippen LogP contribution in [0, 0.1) is 26.6 Å². The Morgan fingerprint density at radius 1 is 1.15 bits per heavy atom. The smallest absolute Gasteiger partial charge is 0.123 e. The van der Waals surface area contributed by atoms with Crippen molar-refractivity contribution >= 4 is 11.3 Å². The van der Waals surface area contributed by atoms with Gasteiger partial charge in [-0.25, -0.2) is 4.39 Å². The zero-order valence-corrected chi connectivity index (χ0v) is 13.4. The maximum atomic E-state index is 13.5. The molecule has 0 radical (unpaired) electrons. The van der Waals surface area contributed by atoms with Crippen LogP contribution in [0.3, 0.4) is 0 Å². The summed E-state index contributed by atoms with van der Waals surface area (Å²) in [5.74, 6) is -0.152. The van der Waals surface area contributed by atoms with Crippen molar-refractivity contribution in [2.75, 3.05) is 6.54 Å². The molecule has 2 rings (SSSR count). The summed E-state index contributed by atoms with van der Waals surface area (Å²) in [6.07, 6.45) is 1.08. The van der Waals surface area contributed by atoms with E-state index in [9.17, 15) is 4.39 Å². The van der Waals surface area contributed by atoms with E-state index in [4.69, 9.17) is 0 Å². The minimum absolute atomic E-state index is 0.152. The van der Waals surface area contributed by atoms with E-state index in [1.165, 1.54) is 15.3 Å². The Morgan fingerprint density at radius 3 is 2.30 bits per heavy atom. The van der Waals surface area contributed by atoms with Crippen molar-refractivity contribution in [3.05, 3.63) is 56.5 Å². The summed E-state index contributed by atoms with van der Waals surface area (Å²) >= 11 is 1.81. The molecule has 108 valence electrons. The van der Waals surface area contributed by atoms with E-state index in [2.05, 4.69) is 31.3 Å².